The Balaban J connectivity index is 1.98. The first-order valence-corrected chi connectivity index (χ1v) is 6.97. The molecule has 0 saturated heterocycles. The summed E-state index contributed by atoms with van der Waals surface area (Å²) in [6.07, 6.45) is 0. The lowest BCUT2D eigenvalue weighted by Gasteiger charge is -2.10. The van der Waals surface area contributed by atoms with Crippen LogP contribution in [-0.4, -0.2) is 30.7 Å². The molecule has 0 spiro atoms. The average Bonchev–Trinajstić information content (AvgIpc) is 2.53. The number of methoxy groups -OCH3 is 1. The molecule has 2 aromatic rings. The van der Waals surface area contributed by atoms with Crippen LogP contribution in [0.3, 0.4) is 0 Å². The number of hydrogen-bond donors (Lipinski definition) is 2. The molecule has 0 aliphatic rings. The summed E-state index contributed by atoms with van der Waals surface area (Å²) in [5, 5.41) is 12.0. The minimum atomic E-state index is -1.12. The van der Waals surface area contributed by atoms with Gasteiger partial charge in [-0.1, -0.05) is 23.7 Å². The van der Waals surface area contributed by atoms with Crippen LogP contribution in [0.15, 0.2) is 42.5 Å². The Hall–Kier alpha value is -2.73. The van der Waals surface area contributed by atoms with E-state index >= 15 is 0 Å². The summed E-state index contributed by atoms with van der Waals surface area (Å²) in [6, 6.07) is 10.9. The van der Waals surface area contributed by atoms with E-state index < -0.39 is 11.9 Å². The lowest BCUT2D eigenvalue weighted by atomic mass is 10.2. The standard InChI is InChI=1S/C16H14ClNO5/c1-22-14-7-6-10(8-12(14)17)18-15(19)9-23-13-5-3-2-4-11(13)16(20)21/h2-8H,9H2,1H3,(H,18,19)(H,20,21). The summed E-state index contributed by atoms with van der Waals surface area (Å²) in [5.41, 5.74) is 0.476. The molecule has 0 unspecified atom stereocenters. The van der Waals surface area contributed by atoms with E-state index in [9.17, 15) is 9.59 Å². The SMILES string of the molecule is COc1ccc(NC(=O)COc2ccccc2C(=O)O)cc1Cl. The number of anilines is 1. The highest BCUT2D eigenvalue weighted by Crippen LogP contribution is 2.27. The first-order chi connectivity index (χ1) is 11.0. The quantitative estimate of drug-likeness (QED) is 0.847. The Morgan fingerprint density at radius 3 is 2.57 bits per heavy atom. The van der Waals surface area contributed by atoms with Gasteiger partial charge < -0.3 is 19.9 Å². The summed E-state index contributed by atoms with van der Waals surface area (Å²) < 4.78 is 10.3. The molecule has 0 aromatic heterocycles. The third-order valence-corrected chi connectivity index (χ3v) is 3.21. The van der Waals surface area contributed by atoms with Gasteiger partial charge in [0.25, 0.3) is 5.91 Å². The van der Waals surface area contributed by atoms with Crippen LogP contribution in [0.4, 0.5) is 5.69 Å². The highest BCUT2D eigenvalue weighted by Gasteiger charge is 2.12. The minimum absolute atomic E-state index is 0.00667. The predicted molar refractivity (Wildman–Crippen MR) is 85.5 cm³/mol. The summed E-state index contributed by atoms with van der Waals surface area (Å²) >= 11 is 5.97. The second-order valence-corrected chi connectivity index (χ2v) is 4.89. The van der Waals surface area contributed by atoms with Crippen LogP contribution in [-0.2, 0) is 4.79 Å². The summed E-state index contributed by atoms with van der Waals surface area (Å²) in [6.45, 7) is -0.325. The van der Waals surface area contributed by atoms with Crippen LogP contribution >= 0.6 is 11.6 Å². The van der Waals surface area contributed by atoms with Crippen LogP contribution in [0.1, 0.15) is 10.4 Å². The molecule has 1 amide bonds. The second kappa shape index (κ2) is 7.51. The largest absolute Gasteiger partial charge is 0.495 e. The van der Waals surface area contributed by atoms with Crippen molar-refractivity contribution in [2.45, 2.75) is 0 Å². The molecule has 0 heterocycles. The number of carbonyl (C=O) groups excluding carboxylic acids is 1. The van der Waals surface area contributed by atoms with Gasteiger partial charge in [0.05, 0.1) is 12.1 Å². The fourth-order valence-electron chi connectivity index (χ4n) is 1.85. The third-order valence-electron chi connectivity index (χ3n) is 2.91. The summed E-state index contributed by atoms with van der Waals surface area (Å²) in [5.74, 6) is -0.936. The van der Waals surface area contributed by atoms with Gasteiger partial charge in [-0.15, -0.1) is 0 Å². The normalized spacial score (nSPS) is 10.0. The number of nitrogens with one attached hydrogen (secondary N) is 1. The minimum Gasteiger partial charge on any atom is -0.495 e. The molecule has 0 bridgehead atoms. The number of ether oxygens (including phenoxy) is 2. The van der Waals surface area contributed by atoms with Crippen molar-refractivity contribution in [3.05, 3.63) is 53.1 Å². The molecule has 0 saturated carbocycles. The maximum absolute atomic E-state index is 11.9. The Kier molecular flexibility index (Phi) is 5.43. The zero-order chi connectivity index (χ0) is 16.8. The second-order valence-electron chi connectivity index (χ2n) is 4.49. The lowest BCUT2D eigenvalue weighted by Crippen LogP contribution is -2.20. The summed E-state index contributed by atoms with van der Waals surface area (Å²) in [4.78, 5) is 22.9. The molecule has 0 radical (unpaired) electrons. The van der Waals surface area contributed by atoms with Crippen molar-refractivity contribution < 1.29 is 24.2 Å². The Morgan fingerprint density at radius 1 is 1.17 bits per heavy atom. The maximum atomic E-state index is 11.9. The number of aromatic carboxylic acids is 1. The van der Waals surface area contributed by atoms with Gasteiger partial charge in [-0.25, -0.2) is 4.79 Å². The molecular weight excluding hydrogens is 322 g/mol. The number of amides is 1. The monoisotopic (exact) mass is 335 g/mol. The van der Waals surface area contributed by atoms with E-state index in [1.165, 1.54) is 19.2 Å². The molecule has 0 aliphatic carbocycles. The number of hydrogen-bond acceptors (Lipinski definition) is 4. The Bertz CT molecular complexity index is 732. The lowest BCUT2D eigenvalue weighted by molar-refractivity contribution is -0.118. The molecule has 0 aliphatic heterocycles. The molecule has 2 N–H and O–H groups in total. The number of para-hydroxylation sites is 1. The third kappa shape index (κ3) is 4.37. The summed E-state index contributed by atoms with van der Waals surface area (Å²) in [7, 11) is 1.49. The van der Waals surface area contributed by atoms with E-state index in [1.54, 1.807) is 30.3 Å². The molecule has 23 heavy (non-hydrogen) atoms. The van der Waals surface area contributed by atoms with E-state index in [1.807, 2.05) is 0 Å². The topological polar surface area (TPSA) is 84.9 Å². The molecule has 6 nitrogen and oxygen atoms in total. The van der Waals surface area contributed by atoms with Crippen molar-refractivity contribution in [3.8, 4) is 11.5 Å². The van der Waals surface area contributed by atoms with Gasteiger partial charge in [0.15, 0.2) is 6.61 Å². The molecule has 0 atom stereocenters. The van der Waals surface area contributed by atoms with Gasteiger partial charge in [-0.05, 0) is 30.3 Å². The number of rotatable bonds is 6. The number of carbonyl (C=O) groups is 2. The average molecular weight is 336 g/mol. The van der Waals surface area contributed by atoms with Crippen molar-refractivity contribution in [2.75, 3.05) is 19.0 Å². The van der Waals surface area contributed by atoms with E-state index in [4.69, 9.17) is 26.2 Å². The van der Waals surface area contributed by atoms with Crippen molar-refractivity contribution in [1.29, 1.82) is 0 Å². The van der Waals surface area contributed by atoms with Crippen LogP contribution in [0, 0.1) is 0 Å². The maximum Gasteiger partial charge on any atom is 0.339 e. The zero-order valence-electron chi connectivity index (χ0n) is 12.2. The van der Waals surface area contributed by atoms with Gasteiger partial charge in [-0.2, -0.15) is 0 Å². The van der Waals surface area contributed by atoms with Crippen molar-refractivity contribution in [3.63, 3.8) is 0 Å². The Labute approximate surface area is 137 Å². The molecule has 0 fully saturated rings. The molecule has 7 heteroatoms. The van der Waals surface area contributed by atoms with E-state index in [0.29, 0.717) is 16.5 Å². The first-order valence-electron chi connectivity index (χ1n) is 6.59. The highest BCUT2D eigenvalue weighted by atomic mass is 35.5. The number of benzene rings is 2. The van der Waals surface area contributed by atoms with Gasteiger partial charge in [-0.3, -0.25) is 4.79 Å². The molecule has 120 valence electrons. The van der Waals surface area contributed by atoms with Gasteiger partial charge >= 0.3 is 5.97 Å². The van der Waals surface area contributed by atoms with Crippen molar-refractivity contribution in [1.82, 2.24) is 0 Å². The van der Waals surface area contributed by atoms with E-state index in [-0.39, 0.29) is 17.9 Å². The smallest absolute Gasteiger partial charge is 0.339 e. The van der Waals surface area contributed by atoms with Crippen LogP contribution in [0.25, 0.3) is 0 Å². The van der Waals surface area contributed by atoms with Crippen molar-refractivity contribution in [2.24, 2.45) is 0 Å². The fourth-order valence-corrected chi connectivity index (χ4v) is 2.11. The fraction of sp³-hybridized carbons (Fsp3) is 0.125. The first kappa shape index (κ1) is 16.6. The molecule has 2 aromatic carbocycles. The zero-order valence-corrected chi connectivity index (χ0v) is 13.0. The molecule has 2 rings (SSSR count). The van der Waals surface area contributed by atoms with Crippen molar-refractivity contribution >= 4 is 29.2 Å². The number of carboxylic acid groups (broad SMARTS) is 1. The van der Waals surface area contributed by atoms with E-state index in [0.717, 1.165) is 0 Å². The highest BCUT2D eigenvalue weighted by molar-refractivity contribution is 6.32. The number of halogens is 1. The predicted octanol–water partition coefficient (Wildman–Crippen LogP) is 3.06. The number of carboxylic acids is 1. The van der Waals surface area contributed by atoms with Crippen LogP contribution in [0.2, 0.25) is 5.02 Å². The van der Waals surface area contributed by atoms with Gasteiger partial charge in [0, 0.05) is 5.69 Å². The van der Waals surface area contributed by atoms with Gasteiger partial charge in [0.1, 0.15) is 17.1 Å². The van der Waals surface area contributed by atoms with Crippen LogP contribution < -0.4 is 14.8 Å². The Morgan fingerprint density at radius 2 is 1.91 bits per heavy atom. The van der Waals surface area contributed by atoms with E-state index in [2.05, 4.69) is 5.32 Å². The van der Waals surface area contributed by atoms with Crippen LogP contribution in [0.5, 0.6) is 11.5 Å². The molecular formula is C16H14ClNO5. The van der Waals surface area contributed by atoms with Gasteiger partial charge in [0.2, 0.25) is 0 Å².